The maximum atomic E-state index is 11.8. The van der Waals surface area contributed by atoms with E-state index >= 15 is 0 Å². The van der Waals surface area contributed by atoms with E-state index in [9.17, 15) is 8.42 Å². The summed E-state index contributed by atoms with van der Waals surface area (Å²) in [5.74, 6) is 0. The van der Waals surface area contributed by atoms with Crippen LogP contribution in [0.5, 0.6) is 0 Å². The second-order valence-electron chi connectivity index (χ2n) is 3.54. The molecule has 0 saturated heterocycles. The molecule has 0 aliphatic carbocycles. The molecule has 0 amide bonds. The fraction of sp³-hybridized carbons (Fsp3) is 0.455. The molecule has 5 heteroatoms. The van der Waals surface area contributed by atoms with E-state index in [1.165, 1.54) is 4.31 Å². The van der Waals surface area contributed by atoms with Crippen molar-refractivity contribution in [3.05, 3.63) is 35.9 Å². The van der Waals surface area contributed by atoms with Crippen LogP contribution in [0.15, 0.2) is 30.3 Å². The normalized spacial score (nSPS) is 11.9. The fourth-order valence-corrected chi connectivity index (χ4v) is 3.24. The summed E-state index contributed by atoms with van der Waals surface area (Å²) < 4.78 is 25.0. The Balaban J connectivity index is 2.81. The number of halogens is 1. The Morgan fingerprint density at radius 2 is 1.88 bits per heavy atom. The van der Waals surface area contributed by atoms with Gasteiger partial charge in [-0.15, -0.1) is 0 Å². The number of rotatable bonds is 6. The zero-order valence-electron chi connectivity index (χ0n) is 9.27. The van der Waals surface area contributed by atoms with Gasteiger partial charge in [-0.3, -0.25) is 0 Å². The number of nitrogens with zero attached hydrogens (tertiary/aromatic N) is 1. The first-order chi connectivity index (χ1) is 7.60. The largest absolute Gasteiger partial charge is 0.224 e. The fourth-order valence-electron chi connectivity index (χ4n) is 1.42. The molecule has 0 aliphatic heterocycles. The number of benzene rings is 1. The molecule has 0 bridgehead atoms. The van der Waals surface area contributed by atoms with Crippen LogP contribution in [0.2, 0.25) is 0 Å². The molecule has 0 fully saturated rings. The van der Waals surface area contributed by atoms with Crippen LogP contribution >= 0.6 is 15.9 Å². The molecule has 0 aliphatic rings. The minimum Gasteiger partial charge on any atom is -0.211 e. The third-order valence-electron chi connectivity index (χ3n) is 2.21. The zero-order chi connectivity index (χ0) is 12.0. The topological polar surface area (TPSA) is 37.4 Å². The Morgan fingerprint density at radius 3 is 2.38 bits per heavy atom. The summed E-state index contributed by atoms with van der Waals surface area (Å²) in [6.45, 7) is 2.98. The molecule has 0 heterocycles. The number of hydrogen-bond donors (Lipinski definition) is 0. The lowest BCUT2D eigenvalue weighted by atomic mass is 10.2. The SMILES string of the molecule is CCCN(Cc1ccccc1)S(=O)(=O)CBr. The Bertz CT molecular complexity index is 405. The molecule has 0 aromatic heterocycles. The molecule has 3 nitrogen and oxygen atoms in total. The van der Waals surface area contributed by atoms with Crippen LogP contribution in [0.25, 0.3) is 0 Å². The highest BCUT2D eigenvalue weighted by Gasteiger charge is 2.19. The van der Waals surface area contributed by atoms with Gasteiger partial charge in [-0.1, -0.05) is 53.2 Å². The maximum absolute atomic E-state index is 11.8. The lowest BCUT2D eigenvalue weighted by molar-refractivity contribution is 0.409. The van der Waals surface area contributed by atoms with Crippen molar-refractivity contribution in [2.75, 3.05) is 11.2 Å². The summed E-state index contributed by atoms with van der Waals surface area (Å²) in [6.07, 6.45) is 0.819. The van der Waals surface area contributed by atoms with Gasteiger partial charge in [0.25, 0.3) is 0 Å². The monoisotopic (exact) mass is 305 g/mol. The van der Waals surface area contributed by atoms with E-state index in [1.54, 1.807) is 0 Å². The summed E-state index contributed by atoms with van der Waals surface area (Å²) in [5, 5.41) is 0. The number of hydrogen-bond acceptors (Lipinski definition) is 2. The molecule has 0 spiro atoms. The van der Waals surface area contributed by atoms with Crippen LogP contribution in [0.1, 0.15) is 18.9 Å². The van der Waals surface area contributed by atoms with E-state index in [4.69, 9.17) is 0 Å². The highest BCUT2D eigenvalue weighted by atomic mass is 79.9. The maximum Gasteiger partial charge on any atom is 0.224 e. The van der Waals surface area contributed by atoms with Crippen molar-refractivity contribution >= 4 is 26.0 Å². The predicted molar refractivity (Wildman–Crippen MR) is 69.9 cm³/mol. The Morgan fingerprint density at radius 1 is 1.25 bits per heavy atom. The standard InChI is InChI=1S/C11H16BrNO2S/c1-2-8-13(16(14,15)10-12)9-11-6-4-3-5-7-11/h3-7H,2,8-10H2,1H3. The third kappa shape index (κ3) is 3.88. The smallest absolute Gasteiger partial charge is 0.211 e. The van der Waals surface area contributed by atoms with Gasteiger partial charge in [0.05, 0.1) is 0 Å². The molecule has 0 atom stereocenters. The van der Waals surface area contributed by atoms with Crippen molar-refractivity contribution in [1.29, 1.82) is 0 Å². The molecular formula is C11H16BrNO2S. The molecule has 0 N–H and O–H groups in total. The highest BCUT2D eigenvalue weighted by Crippen LogP contribution is 2.12. The minimum absolute atomic E-state index is 0.0210. The van der Waals surface area contributed by atoms with Gasteiger partial charge in [0.15, 0.2) is 0 Å². The van der Waals surface area contributed by atoms with E-state index in [2.05, 4.69) is 15.9 Å². The van der Waals surface area contributed by atoms with Gasteiger partial charge < -0.3 is 0 Å². The van der Waals surface area contributed by atoms with E-state index < -0.39 is 10.0 Å². The second-order valence-corrected chi connectivity index (χ2v) is 6.81. The van der Waals surface area contributed by atoms with Crippen LogP contribution in [0.3, 0.4) is 0 Å². The molecule has 0 saturated carbocycles. The molecule has 90 valence electrons. The van der Waals surface area contributed by atoms with E-state index in [-0.39, 0.29) is 4.66 Å². The van der Waals surface area contributed by atoms with Crippen molar-refractivity contribution in [3.63, 3.8) is 0 Å². The van der Waals surface area contributed by atoms with Crippen LogP contribution in [0.4, 0.5) is 0 Å². The van der Waals surface area contributed by atoms with Gasteiger partial charge >= 0.3 is 0 Å². The summed E-state index contributed by atoms with van der Waals surface area (Å²) in [5.41, 5.74) is 1.01. The Kier molecular flexibility index (Phi) is 5.44. The number of sulfonamides is 1. The molecule has 1 rings (SSSR count). The van der Waals surface area contributed by atoms with Crippen molar-refractivity contribution in [1.82, 2.24) is 4.31 Å². The first kappa shape index (κ1) is 13.7. The van der Waals surface area contributed by atoms with E-state index in [1.807, 2.05) is 37.3 Å². The van der Waals surface area contributed by atoms with Crippen LogP contribution in [-0.2, 0) is 16.6 Å². The first-order valence-corrected chi connectivity index (χ1v) is 7.91. The van der Waals surface area contributed by atoms with Crippen molar-refractivity contribution in [2.45, 2.75) is 19.9 Å². The van der Waals surface area contributed by atoms with Crippen molar-refractivity contribution in [3.8, 4) is 0 Å². The summed E-state index contributed by atoms with van der Waals surface area (Å²) >= 11 is 3.03. The molecule has 0 radical (unpaired) electrons. The van der Waals surface area contributed by atoms with Gasteiger partial charge in [0.1, 0.15) is 4.66 Å². The highest BCUT2D eigenvalue weighted by molar-refractivity contribution is 9.10. The van der Waals surface area contributed by atoms with Crippen molar-refractivity contribution < 1.29 is 8.42 Å². The molecular weight excluding hydrogens is 290 g/mol. The van der Waals surface area contributed by atoms with Crippen LogP contribution in [-0.4, -0.2) is 23.9 Å². The quantitative estimate of drug-likeness (QED) is 0.758. The van der Waals surface area contributed by atoms with Crippen LogP contribution < -0.4 is 0 Å². The first-order valence-electron chi connectivity index (χ1n) is 5.18. The van der Waals surface area contributed by atoms with Gasteiger partial charge in [-0.25, -0.2) is 8.42 Å². The summed E-state index contributed by atoms with van der Waals surface area (Å²) in [6, 6.07) is 9.63. The second kappa shape index (κ2) is 6.37. The Hall–Kier alpha value is -0.390. The average Bonchev–Trinajstić information content (AvgIpc) is 2.30. The third-order valence-corrected chi connectivity index (χ3v) is 5.32. The molecule has 0 unspecified atom stereocenters. The van der Waals surface area contributed by atoms with E-state index in [0.717, 1.165) is 12.0 Å². The molecule has 1 aromatic carbocycles. The number of alkyl halides is 1. The van der Waals surface area contributed by atoms with E-state index in [0.29, 0.717) is 13.1 Å². The Labute approximate surface area is 106 Å². The summed E-state index contributed by atoms with van der Waals surface area (Å²) in [4.78, 5) is 0. The zero-order valence-corrected chi connectivity index (χ0v) is 11.7. The van der Waals surface area contributed by atoms with Gasteiger partial charge in [0.2, 0.25) is 10.0 Å². The summed E-state index contributed by atoms with van der Waals surface area (Å²) in [7, 11) is -3.17. The van der Waals surface area contributed by atoms with Crippen molar-refractivity contribution in [2.24, 2.45) is 0 Å². The van der Waals surface area contributed by atoms with Crippen LogP contribution in [0, 0.1) is 0 Å². The lowest BCUT2D eigenvalue weighted by Crippen LogP contribution is -2.31. The average molecular weight is 306 g/mol. The van der Waals surface area contributed by atoms with Gasteiger partial charge in [0, 0.05) is 13.1 Å². The van der Waals surface area contributed by atoms with Gasteiger partial charge in [-0.2, -0.15) is 4.31 Å². The minimum atomic E-state index is -3.17. The lowest BCUT2D eigenvalue weighted by Gasteiger charge is -2.20. The predicted octanol–water partition coefficient (Wildman–Crippen LogP) is 2.58. The molecule has 1 aromatic rings. The van der Waals surface area contributed by atoms with Gasteiger partial charge in [-0.05, 0) is 12.0 Å². The molecule has 16 heavy (non-hydrogen) atoms.